The van der Waals surface area contributed by atoms with E-state index in [0.717, 1.165) is 18.0 Å². The molecule has 2 N–H and O–H groups in total. The van der Waals surface area contributed by atoms with Gasteiger partial charge in [-0.1, -0.05) is 18.2 Å². The Balaban J connectivity index is 1.84. The molecule has 0 saturated carbocycles. The Morgan fingerprint density at radius 1 is 1.07 bits per heavy atom. The lowest BCUT2D eigenvalue weighted by Crippen LogP contribution is -2.05. The van der Waals surface area contributed by atoms with E-state index in [4.69, 9.17) is 0 Å². The molecule has 9 heteroatoms. The summed E-state index contributed by atoms with van der Waals surface area (Å²) >= 11 is 0. The average molecular weight is 380 g/mol. The Labute approximate surface area is 156 Å². The standard InChI is InChI=1S/C19H11F3N6/c20-19(21,22)12-6-14-15(10-25-17(14)24-9-12)16-11(7-23)8-26-18(28-16)27-13-4-2-1-3-5-13/h1-6,8-10H,(H,24,25)(H,26,27,28). The summed E-state index contributed by atoms with van der Waals surface area (Å²) in [5.74, 6) is 0.217. The third kappa shape index (κ3) is 3.23. The van der Waals surface area contributed by atoms with E-state index in [1.165, 1.54) is 12.4 Å². The van der Waals surface area contributed by atoms with E-state index in [2.05, 4.69) is 25.3 Å². The number of hydrogen-bond donors (Lipinski definition) is 2. The fraction of sp³-hybridized carbons (Fsp3) is 0.0526. The second-order valence-electron chi connectivity index (χ2n) is 5.88. The number of anilines is 2. The quantitative estimate of drug-likeness (QED) is 0.540. The van der Waals surface area contributed by atoms with Crippen LogP contribution in [0.4, 0.5) is 24.8 Å². The number of rotatable bonds is 3. The second-order valence-corrected chi connectivity index (χ2v) is 5.88. The fourth-order valence-electron chi connectivity index (χ4n) is 2.73. The van der Waals surface area contributed by atoms with Gasteiger partial charge in [-0.2, -0.15) is 18.4 Å². The first-order valence-corrected chi connectivity index (χ1v) is 8.09. The first-order chi connectivity index (χ1) is 13.5. The number of alkyl halides is 3. The van der Waals surface area contributed by atoms with Crippen LogP contribution in [0.3, 0.4) is 0 Å². The number of hydrogen-bond acceptors (Lipinski definition) is 5. The number of aromatic nitrogens is 4. The Morgan fingerprint density at radius 2 is 1.86 bits per heavy atom. The van der Waals surface area contributed by atoms with Crippen LogP contribution in [-0.2, 0) is 6.18 Å². The topological polar surface area (TPSA) is 90.3 Å². The van der Waals surface area contributed by atoms with Crippen molar-refractivity contribution >= 4 is 22.7 Å². The molecule has 0 aliphatic heterocycles. The molecule has 6 nitrogen and oxygen atoms in total. The van der Waals surface area contributed by atoms with Gasteiger partial charge in [0, 0.05) is 29.0 Å². The highest BCUT2D eigenvalue weighted by Gasteiger charge is 2.31. The van der Waals surface area contributed by atoms with Gasteiger partial charge in [-0.15, -0.1) is 0 Å². The number of benzene rings is 1. The largest absolute Gasteiger partial charge is 0.417 e. The molecule has 0 spiro atoms. The molecule has 0 amide bonds. The van der Waals surface area contributed by atoms with Gasteiger partial charge in [0.15, 0.2) is 0 Å². The minimum absolute atomic E-state index is 0.136. The summed E-state index contributed by atoms with van der Waals surface area (Å²) < 4.78 is 39.2. The zero-order chi connectivity index (χ0) is 19.7. The molecular weight excluding hydrogens is 369 g/mol. The molecule has 0 radical (unpaired) electrons. The van der Waals surface area contributed by atoms with Gasteiger partial charge in [-0.3, -0.25) is 0 Å². The first kappa shape index (κ1) is 17.5. The molecule has 1 aromatic carbocycles. The van der Waals surface area contributed by atoms with Crippen molar-refractivity contribution in [2.45, 2.75) is 6.18 Å². The number of nitriles is 1. The predicted molar refractivity (Wildman–Crippen MR) is 96.6 cm³/mol. The zero-order valence-electron chi connectivity index (χ0n) is 14.1. The van der Waals surface area contributed by atoms with E-state index in [1.54, 1.807) is 0 Å². The Kier molecular flexibility index (Phi) is 4.16. The lowest BCUT2D eigenvalue weighted by Gasteiger charge is -2.09. The van der Waals surface area contributed by atoms with E-state index >= 15 is 0 Å². The van der Waals surface area contributed by atoms with Crippen molar-refractivity contribution in [2.24, 2.45) is 0 Å². The minimum atomic E-state index is -4.53. The number of nitrogens with one attached hydrogen (secondary N) is 2. The summed E-state index contributed by atoms with van der Waals surface area (Å²) in [6.07, 6.45) is -0.962. The Hall–Kier alpha value is -3.93. The molecule has 138 valence electrons. The molecule has 0 saturated heterocycles. The lowest BCUT2D eigenvalue weighted by molar-refractivity contribution is -0.137. The molecule has 4 aromatic rings. The van der Waals surface area contributed by atoms with Crippen molar-refractivity contribution in [3.05, 3.63) is 66.1 Å². The summed E-state index contributed by atoms with van der Waals surface area (Å²) in [4.78, 5) is 15.1. The zero-order valence-corrected chi connectivity index (χ0v) is 14.1. The maximum atomic E-state index is 13.1. The first-order valence-electron chi connectivity index (χ1n) is 8.09. The summed E-state index contributed by atoms with van der Waals surface area (Å²) in [6, 6.07) is 12.1. The van der Waals surface area contributed by atoms with Crippen molar-refractivity contribution in [2.75, 3.05) is 5.32 Å². The molecule has 0 aliphatic rings. The summed E-state index contributed by atoms with van der Waals surface area (Å²) in [6.45, 7) is 0. The molecule has 28 heavy (non-hydrogen) atoms. The number of H-pyrrole nitrogens is 1. The van der Waals surface area contributed by atoms with Gasteiger partial charge in [0.05, 0.1) is 23.0 Å². The predicted octanol–water partition coefficient (Wildman–Crippen LogP) is 4.65. The van der Waals surface area contributed by atoms with Crippen molar-refractivity contribution < 1.29 is 13.2 Å². The van der Waals surface area contributed by atoms with Crippen LogP contribution in [0, 0.1) is 11.3 Å². The van der Waals surface area contributed by atoms with E-state index in [9.17, 15) is 18.4 Å². The van der Waals surface area contributed by atoms with E-state index < -0.39 is 11.7 Å². The van der Waals surface area contributed by atoms with Gasteiger partial charge >= 0.3 is 6.18 Å². The molecule has 3 heterocycles. The van der Waals surface area contributed by atoms with Gasteiger partial charge in [-0.05, 0) is 18.2 Å². The van der Waals surface area contributed by atoms with Crippen molar-refractivity contribution in [3.63, 3.8) is 0 Å². The van der Waals surface area contributed by atoms with Crippen LogP contribution < -0.4 is 5.32 Å². The number of nitrogens with zero attached hydrogens (tertiary/aromatic N) is 4. The molecule has 3 aromatic heterocycles. The highest BCUT2D eigenvalue weighted by molar-refractivity contribution is 5.94. The van der Waals surface area contributed by atoms with Crippen LogP contribution in [0.5, 0.6) is 0 Å². The average Bonchev–Trinajstić information content (AvgIpc) is 3.11. The smallest absolute Gasteiger partial charge is 0.345 e. The molecule has 0 aliphatic carbocycles. The Bertz CT molecular complexity index is 1190. The minimum Gasteiger partial charge on any atom is -0.345 e. The third-order valence-corrected chi connectivity index (χ3v) is 4.05. The molecule has 0 fully saturated rings. The molecule has 4 rings (SSSR count). The monoisotopic (exact) mass is 380 g/mol. The van der Waals surface area contributed by atoms with Crippen LogP contribution in [-0.4, -0.2) is 19.9 Å². The maximum Gasteiger partial charge on any atom is 0.417 e. The maximum absolute atomic E-state index is 13.1. The van der Waals surface area contributed by atoms with Gasteiger partial charge in [-0.25, -0.2) is 15.0 Å². The van der Waals surface area contributed by atoms with E-state index in [-0.39, 0.29) is 28.2 Å². The van der Waals surface area contributed by atoms with E-state index in [0.29, 0.717) is 5.56 Å². The van der Waals surface area contributed by atoms with Crippen LogP contribution in [0.25, 0.3) is 22.3 Å². The summed E-state index contributed by atoms with van der Waals surface area (Å²) in [5.41, 5.74) is 0.807. The van der Waals surface area contributed by atoms with Gasteiger partial charge in [0.25, 0.3) is 0 Å². The summed E-state index contributed by atoms with van der Waals surface area (Å²) in [7, 11) is 0. The molecule has 0 atom stereocenters. The van der Waals surface area contributed by atoms with Crippen molar-refractivity contribution in [1.29, 1.82) is 5.26 Å². The second kappa shape index (κ2) is 6.66. The number of halogens is 3. The molecular formula is C19H11F3N6. The van der Waals surface area contributed by atoms with Gasteiger partial charge < -0.3 is 10.3 Å². The molecule has 0 unspecified atom stereocenters. The molecule has 0 bridgehead atoms. The normalized spacial score (nSPS) is 11.4. The van der Waals surface area contributed by atoms with Crippen LogP contribution in [0.15, 0.2) is 55.0 Å². The van der Waals surface area contributed by atoms with Gasteiger partial charge in [0.2, 0.25) is 5.95 Å². The van der Waals surface area contributed by atoms with Crippen LogP contribution in [0.2, 0.25) is 0 Å². The van der Waals surface area contributed by atoms with Crippen molar-refractivity contribution in [3.8, 4) is 17.3 Å². The third-order valence-electron chi connectivity index (χ3n) is 4.05. The SMILES string of the molecule is N#Cc1cnc(Nc2ccccc2)nc1-c1c[nH]c2ncc(C(F)(F)F)cc12. The summed E-state index contributed by atoms with van der Waals surface area (Å²) in [5, 5.41) is 12.6. The highest BCUT2D eigenvalue weighted by Crippen LogP contribution is 2.34. The van der Waals surface area contributed by atoms with Crippen molar-refractivity contribution in [1.82, 2.24) is 19.9 Å². The number of fused-ring (bicyclic) bond motifs is 1. The van der Waals surface area contributed by atoms with E-state index in [1.807, 2.05) is 36.4 Å². The lowest BCUT2D eigenvalue weighted by atomic mass is 10.1. The fourth-order valence-corrected chi connectivity index (χ4v) is 2.73. The number of para-hydroxylation sites is 1. The van der Waals surface area contributed by atoms with Gasteiger partial charge in [0.1, 0.15) is 11.7 Å². The Morgan fingerprint density at radius 3 is 2.57 bits per heavy atom. The van der Waals surface area contributed by atoms with Crippen LogP contribution >= 0.6 is 0 Å². The highest BCUT2D eigenvalue weighted by atomic mass is 19.4. The number of pyridine rings is 1. The van der Waals surface area contributed by atoms with Crippen LogP contribution in [0.1, 0.15) is 11.1 Å². The number of aromatic amines is 1.